The number of benzene rings is 1. The van der Waals surface area contributed by atoms with Crippen molar-refractivity contribution in [2.45, 2.75) is 19.5 Å². The molecule has 2 N–H and O–H groups in total. The molecule has 1 unspecified atom stereocenters. The molecule has 0 fully saturated rings. The number of nitrogens with zero attached hydrogens (tertiary/aromatic N) is 3. The number of aromatic nitrogens is 2. The van der Waals surface area contributed by atoms with Gasteiger partial charge in [-0.3, -0.25) is 0 Å². The maximum absolute atomic E-state index is 5.94. The van der Waals surface area contributed by atoms with Crippen molar-refractivity contribution in [3.63, 3.8) is 0 Å². The molecule has 0 aliphatic carbocycles. The summed E-state index contributed by atoms with van der Waals surface area (Å²) in [5.74, 6) is 0.592. The van der Waals surface area contributed by atoms with Crippen LogP contribution in [0.15, 0.2) is 24.3 Å². The number of imidazole rings is 1. The standard InChI is InChI=1S/C12H18N4/c1-9(15(2)3)8-16-11-7-5-4-6-10(11)14-12(16)13/h4-7,9H,8H2,1-3H3,(H2,13,14). The van der Waals surface area contributed by atoms with Crippen LogP contribution in [0.5, 0.6) is 0 Å². The van der Waals surface area contributed by atoms with E-state index in [-0.39, 0.29) is 0 Å². The molecular formula is C12H18N4. The van der Waals surface area contributed by atoms with Gasteiger partial charge < -0.3 is 15.2 Å². The second-order valence-corrected chi connectivity index (χ2v) is 4.38. The zero-order valence-electron chi connectivity index (χ0n) is 10.0. The van der Waals surface area contributed by atoms with Crippen LogP contribution in [0.4, 0.5) is 5.95 Å². The van der Waals surface area contributed by atoms with Crippen molar-refractivity contribution in [1.29, 1.82) is 0 Å². The fourth-order valence-corrected chi connectivity index (χ4v) is 1.71. The first-order valence-electron chi connectivity index (χ1n) is 5.46. The Hall–Kier alpha value is -1.55. The Balaban J connectivity index is 2.40. The average molecular weight is 218 g/mol. The summed E-state index contributed by atoms with van der Waals surface area (Å²) in [6, 6.07) is 8.47. The van der Waals surface area contributed by atoms with Crippen LogP contribution >= 0.6 is 0 Å². The molecule has 0 saturated heterocycles. The van der Waals surface area contributed by atoms with E-state index < -0.39 is 0 Å². The Bertz CT molecular complexity index is 487. The Kier molecular flexibility index (Phi) is 2.83. The van der Waals surface area contributed by atoms with Crippen molar-refractivity contribution in [3.05, 3.63) is 24.3 Å². The van der Waals surface area contributed by atoms with E-state index in [9.17, 15) is 0 Å². The topological polar surface area (TPSA) is 47.1 Å². The highest BCUT2D eigenvalue weighted by Gasteiger charge is 2.11. The van der Waals surface area contributed by atoms with E-state index in [1.807, 2.05) is 18.2 Å². The molecule has 0 bridgehead atoms. The van der Waals surface area contributed by atoms with Gasteiger partial charge in [0.1, 0.15) is 0 Å². The minimum absolute atomic E-state index is 0.430. The molecule has 4 heteroatoms. The van der Waals surface area contributed by atoms with Crippen molar-refractivity contribution in [1.82, 2.24) is 14.5 Å². The fourth-order valence-electron chi connectivity index (χ4n) is 1.71. The van der Waals surface area contributed by atoms with E-state index in [4.69, 9.17) is 5.73 Å². The van der Waals surface area contributed by atoms with E-state index in [1.54, 1.807) is 0 Å². The summed E-state index contributed by atoms with van der Waals surface area (Å²) >= 11 is 0. The third kappa shape index (κ3) is 1.88. The number of para-hydroxylation sites is 2. The van der Waals surface area contributed by atoms with E-state index in [2.05, 4.69) is 41.5 Å². The van der Waals surface area contributed by atoms with Gasteiger partial charge in [-0.1, -0.05) is 12.1 Å². The van der Waals surface area contributed by atoms with Crippen LogP contribution < -0.4 is 5.73 Å². The van der Waals surface area contributed by atoms with Crippen LogP contribution in [0.3, 0.4) is 0 Å². The maximum Gasteiger partial charge on any atom is 0.201 e. The molecule has 1 aromatic heterocycles. The van der Waals surface area contributed by atoms with Crippen LogP contribution in [0.2, 0.25) is 0 Å². The number of hydrogen-bond donors (Lipinski definition) is 1. The SMILES string of the molecule is CC(Cn1c(N)nc2ccccc21)N(C)C. The van der Waals surface area contributed by atoms with Crippen LogP contribution in [0, 0.1) is 0 Å². The molecule has 0 saturated carbocycles. The van der Waals surface area contributed by atoms with Crippen molar-refractivity contribution in [3.8, 4) is 0 Å². The lowest BCUT2D eigenvalue weighted by atomic mass is 10.3. The predicted octanol–water partition coefficient (Wildman–Crippen LogP) is 1.57. The molecule has 0 aliphatic heterocycles. The first kappa shape index (κ1) is 11.0. The van der Waals surface area contributed by atoms with Gasteiger partial charge in [-0.15, -0.1) is 0 Å². The number of nitrogens with two attached hydrogens (primary N) is 1. The van der Waals surface area contributed by atoms with Crippen LogP contribution in [-0.4, -0.2) is 34.6 Å². The Labute approximate surface area is 95.7 Å². The van der Waals surface area contributed by atoms with Gasteiger partial charge >= 0.3 is 0 Å². The molecule has 0 radical (unpaired) electrons. The number of anilines is 1. The Morgan fingerprint density at radius 1 is 1.38 bits per heavy atom. The van der Waals surface area contributed by atoms with Crippen molar-refractivity contribution in [2.24, 2.45) is 0 Å². The Morgan fingerprint density at radius 3 is 2.75 bits per heavy atom. The Morgan fingerprint density at radius 2 is 2.06 bits per heavy atom. The maximum atomic E-state index is 5.94. The average Bonchev–Trinajstić information content (AvgIpc) is 2.55. The number of fused-ring (bicyclic) bond motifs is 1. The summed E-state index contributed by atoms with van der Waals surface area (Å²) in [7, 11) is 4.14. The van der Waals surface area contributed by atoms with E-state index >= 15 is 0 Å². The van der Waals surface area contributed by atoms with Gasteiger partial charge in [-0.05, 0) is 33.2 Å². The van der Waals surface area contributed by atoms with E-state index in [0.717, 1.165) is 17.6 Å². The van der Waals surface area contributed by atoms with Gasteiger partial charge in [-0.2, -0.15) is 0 Å². The lowest BCUT2D eigenvalue weighted by molar-refractivity contribution is 0.287. The molecule has 86 valence electrons. The molecule has 2 aromatic rings. The monoisotopic (exact) mass is 218 g/mol. The van der Waals surface area contributed by atoms with Crippen molar-refractivity contribution >= 4 is 17.0 Å². The summed E-state index contributed by atoms with van der Waals surface area (Å²) in [6.07, 6.45) is 0. The van der Waals surface area contributed by atoms with Crippen LogP contribution in [-0.2, 0) is 6.54 Å². The minimum Gasteiger partial charge on any atom is -0.369 e. The third-order valence-corrected chi connectivity index (χ3v) is 3.01. The smallest absolute Gasteiger partial charge is 0.201 e. The van der Waals surface area contributed by atoms with Gasteiger partial charge in [0.15, 0.2) is 0 Å². The molecule has 1 heterocycles. The fraction of sp³-hybridized carbons (Fsp3) is 0.417. The molecule has 1 atom stereocenters. The van der Waals surface area contributed by atoms with Gasteiger partial charge in [0.25, 0.3) is 0 Å². The van der Waals surface area contributed by atoms with Gasteiger partial charge in [0.2, 0.25) is 5.95 Å². The highest BCUT2D eigenvalue weighted by atomic mass is 15.2. The summed E-state index contributed by atoms with van der Waals surface area (Å²) in [4.78, 5) is 6.52. The highest BCUT2D eigenvalue weighted by molar-refractivity contribution is 5.78. The highest BCUT2D eigenvalue weighted by Crippen LogP contribution is 2.18. The van der Waals surface area contributed by atoms with Crippen molar-refractivity contribution < 1.29 is 0 Å². The lowest BCUT2D eigenvalue weighted by Crippen LogP contribution is -2.29. The summed E-state index contributed by atoms with van der Waals surface area (Å²) < 4.78 is 2.07. The molecule has 1 aromatic carbocycles. The molecule has 0 amide bonds. The van der Waals surface area contributed by atoms with Crippen molar-refractivity contribution in [2.75, 3.05) is 19.8 Å². The molecule has 4 nitrogen and oxygen atoms in total. The quantitative estimate of drug-likeness (QED) is 0.850. The van der Waals surface area contributed by atoms with Crippen LogP contribution in [0.1, 0.15) is 6.92 Å². The van der Waals surface area contributed by atoms with Gasteiger partial charge in [0.05, 0.1) is 11.0 Å². The second kappa shape index (κ2) is 4.14. The second-order valence-electron chi connectivity index (χ2n) is 4.38. The number of likely N-dealkylation sites (N-methyl/N-ethyl adjacent to an activating group) is 1. The van der Waals surface area contributed by atoms with Gasteiger partial charge in [0, 0.05) is 12.6 Å². The first-order chi connectivity index (χ1) is 7.59. The number of hydrogen-bond acceptors (Lipinski definition) is 3. The molecule has 2 rings (SSSR count). The zero-order valence-corrected chi connectivity index (χ0v) is 10.0. The predicted molar refractivity (Wildman–Crippen MR) is 67.3 cm³/mol. The van der Waals surface area contributed by atoms with E-state index in [1.165, 1.54) is 0 Å². The summed E-state index contributed by atoms with van der Waals surface area (Å²) in [5, 5.41) is 0. The third-order valence-electron chi connectivity index (χ3n) is 3.01. The minimum atomic E-state index is 0.430. The normalized spacial score (nSPS) is 13.5. The van der Waals surface area contributed by atoms with Gasteiger partial charge in [-0.25, -0.2) is 4.98 Å². The van der Waals surface area contributed by atoms with E-state index in [0.29, 0.717) is 12.0 Å². The molecule has 0 aliphatic rings. The lowest BCUT2D eigenvalue weighted by Gasteiger charge is -2.20. The zero-order chi connectivity index (χ0) is 11.7. The first-order valence-corrected chi connectivity index (χ1v) is 5.46. The molecular weight excluding hydrogens is 200 g/mol. The van der Waals surface area contributed by atoms with Crippen LogP contribution in [0.25, 0.3) is 11.0 Å². The molecule has 0 spiro atoms. The number of nitrogen functional groups attached to an aromatic ring is 1. The largest absolute Gasteiger partial charge is 0.369 e. The summed E-state index contributed by atoms with van der Waals surface area (Å²) in [6.45, 7) is 3.04. The summed E-state index contributed by atoms with van der Waals surface area (Å²) in [5.41, 5.74) is 8.00. The number of rotatable bonds is 3. The molecule has 16 heavy (non-hydrogen) atoms.